The Labute approximate surface area is 254 Å². The van der Waals surface area contributed by atoms with E-state index in [9.17, 15) is 13.5 Å². The lowest BCUT2D eigenvalue weighted by Gasteiger charge is -2.43. The molecule has 2 aliphatic rings. The monoisotopic (exact) mass is 610 g/mol. The van der Waals surface area contributed by atoms with Crippen LogP contribution >= 0.6 is 0 Å². The number of piperazine rings is 1. The number of nitrogens with one attached hydrogen (secondary N) is 2. The summed E-state index contributed by atoms with van der Waals surface area (Å²) < 4.78 is 31.4. The summed E-state index contributed by atoms with van der Waals surface area (Å²) in [6, 6.07) is 13.4. The first-order chi connectivity index (χ1) is 20.8. The van der Waals surface area contributed by atoms with E-state index in [-0.39, 0.29) is 17.5 Å². The van der Waals surface area contributed by atoms with E-state index in [2.05, 4.69) is 46.4 Å². The summed E-state index contributed by atoms with van der Waals surface area (Å²) in [5, 5.41) is 14.9. The maximum absolute atomic E-state index is 12.8. The predicted molar refractivity (Wildman–Crippen MR) is 168 cm³/mol. The van der Waals surface area contributed by atoms with Gasteiger partial charge < -0.3 is 25.4 Å². The van der Waals surface area contributed by atoms with Gasteiger partial charge in [-0.3, -0.25) is 9.80 Å². The summed E-state index contributed by atoms with van der Waals surface area (Å²) in [5.74, 6) is 1.19. The number of hydrogen-bond donors (Lipinski definition) is 3. The Bertz CT molecular complexity index is 1470. The van der Waals surface area contributed by atoms with E-state index in [0.29, 0.717) is 29.1 Å². The van der Waals surface area contributed by atoms with Crippen molar-refractivity contribution >= 4 is 38.8 Å². The Hall–Kier alpha value is -3.52. The third-order valence-electron chi connectivity index (χ3n) is 8.23. The molecule has 12 nitrogen and oxygen atoms in total. The third-order valence-corrected chi connectivity index (χ3v) is 10.4. The lowest BCUT2D eigenvalue weighted by molar-refractivity contribution is 0.0747. The fourth-order valence-corrected chi connectivity index (χ4v) is 6.89. The second-order valence-electron chi connectivity index (χ2n) is 11.2. The fourth-order valence-electron chi connectivity index (χ4n) is 5.69. The van der Waals surface area contributed by atoms with Crippen LogP contribution in [0.25, 0.3) is 0 Å². The summed E-state index contributed by atoms with van der Waals surface area (Å²) in [6.07, 6.45) is 3.60. The van der Waals surface area contributed by atoms with Crippen molar-refractivity contribution in [3.05, 3.63) is 48.8 Å². The van der Waals surface area contributed by atoms with E-state index in [1.807, 2.05) is 12.1 Å². The molecule has 2 saturated heterocycles. The van der Waals surface area contributed by atoms with Crippen LogP contribution in [0.3, 0.4) is 0 Å². The molecule has 2 aromatic carbocycles. The zero-order chi connectivity index (χ0) is 30.4. The van der Waals surface area contributed by atoms with E-state index in [1.54, 1.807) is 45.2 Å². The van der Waals surface area contributed by atoms with Crippen LogP contribution in [0, 0.1) is 0 Å². The fraction of sp³-hybridized carbons (Fsp3) is 0.500. The van der Waals surface area contributed by atoms with Crippen LogP contribution < -0.4 is 20.3 Å². The smallest absolute Gasteiger partial charge is 0.232 e. The second kappa shape index (κ2) is 13.8. The van der Waals surface area contributed by atoms with Gasteiger partial charge in [-0.2, -0.15) is 4.98 Å². The molecule has 5 rings (SSSR count). The molecule has 1 aromatic heterocycles. The quantitative estimate of drug-likeness (QED) is 0.294. The number of aliphatic hydroxyl groups excluding tert-OH is 1. The minimum Gasteiger partial charge on any atom is -0.494 e. The number of ether oxygens (including phenoxy) is 1. The van der Waals surface area contributed by atoms with Crippen LogP contribution in [0.5, 0.6) is 5.75 Å². The summed E-state index contributed by atoms with van der Waals surface area (Å²) in [5.41, 5.74) is 2.22. The highest BCUT2D eigenvalue weighted by molar-refractivity contribution is 7.92. The van der Waals surface area contributed by atoms with Gasteiger partial charge in [-0.15, -0.1) is 0 Å². The van der Waals surface area contributed by atoms with Crippen molar-refractivity contribution in [2.75, 3.05) is 75.1 Å². The molecule has 43 heavy (non-hydrogen) atoms. The second-order valence-corrected chi connectivity index (χ2v) is 13.6. The van der Waals surface area contributed by atoms with E-state index >= 15 is 0 Å². The molecule has 0 bridgehead atoms. The van der Waals surface area contributed by atoms with Crippen molar-refractivity contribution in [1.82, 2.24) is 24.8 Å². The topological polar surface area (TPSA) is 136 Å². The zero-order valence-electron chi connectivity index (χ0n) is 25.1. The molecule has 0 unspecified atom stereocenters. The molecule has 0 spiro atoms. The Kier molecular flexibility index (Phi) is 9.96. The molecule has 13 heteroatoms. The predicted octanol–water partition coefficient (Wildman–Crippen LogP) is 3.13. The van der Waals surface area contributed by atoms with Crippen molar-refractivity contribution in [2.24, 2.45) is 0 Å². The molecule has 0 amide bonds. The number of aliphatic hydroxyl groups is 1. The van der Waals surface area contributed by atoms with E-state index in [4.69, 9.17) is 4.74 Å². The molecule has 2 aliphatic heterocycles. The highest BCUT2D eigenvalue weighted by atomic mass is 32.2. The number of anilines is 5. The van der Waals surface area contributed by atoms with Crippen molar-refractivity contribution in [3.8, 4) is 5.75 Å². The highest BCUT2D eigenvalue weighted by Gasteiger charge is 2.28. The maximum Gasteiger partial charge on any atom is 0.232 e. The molecular weight excluding hydrogens is 568 g/mol. The van der Waals surface area contributed by atoms with Crippen LogP contribution in [0.15, 0.2) is 53.7 Å². The van der Waals surface area contributed by atoms with Gasteiger partial charge in [0.25, 0.3) is 0 Å². The van der Waals surface area contributed by atoms with Crippen LogP contribution in [0.1, 0.15) is 26.7 Å². The number of para-hydroxylation sites is 1. The van der Waals surface area contributed by atoms with Crippen LogP contribution in [0.2, 0.25) is 0 Å². The minimum atomic E-state index is -3.50. The standard InChI is InChI=1S/C30H42N8O4S/c1-22(2)43(40,41)28-7-5-4-6-26(28)34-30-32-21-31-29(35-30)33-25-9-8-24(20-27(25)42-3)37-12-10-23(11-13-37)38-16-14-36(15-17-38)18-19-39/h4-9,20-23,39H,10-19H2,1-3H3,(H2,31,32,33,34,35). The Morgan fingerprint density at radius 1 is 0.953 bits per heavy atom. The summed E-state index contributed by atoms with van der Waals surface area (Å²) in [4.78, 5) is 20.4. The zero-order valence-corrected chi connectivity index (χ0v) is 25.9. The Balaban J connectivity index is 1.22. The minimum absolute atomic E-state index is 0.196. The molecule has 232 valence electrons. The summed E-state index contributed by atoms with van der Waals surface area (Å²) in [7, 11) is -1.87. The molecule has 0 atom stereocenters. The molecule has 3 aromatic rings. The number of hydrogen-bond acceptors (Lipinski definition) is 12. The Morgan fingerprint density at radius 2 is 1.63 bits per heavy atom. The number of rotatable bonds is 11. The van der Waals surface area contributed by atoms with Crippen LogP contribution in [-0.2, 0) is 9.84 Å². The number of nitrogens with zero attached hydrogens (tertiary/aromatic N) is 6. The van der Waals surface area contributed by atoms with Gasteiger partial charge in [-0.1, -0.05) is 12.1 Å². The molecule has 0 saturated carbocycles. The van der Waals surface area contributed by atoms with Gasteiger partial charge in [0.05, 0.1) is 35.2 Å². The van der Waals surface area contributed by atoms with Crippen molar-refractivity contribution in [2.45, 2.75) is 42.9 Å². The average molecular weight is 611 g/mol. The van der Waals surface area contributed by atoms with Gasteiger partial charge in [0, 0.05) is 63.6 Å². The molecular formula is C30H42N8O4S. The van der Waals surface area contributed by atoms with Crippen molar-refractivity contribution in [3.63, 3.8) is 0 Å². The van der Waals surface area contributed by atoms with E-state index < -0.39 is 15.1 Å². The lowest BCUT2D eigenvalue weighted by Crippen LogP contribution is -2.53. The summed E-state index contributed by atoms with van der Waals surface area (Å²) >= 11 is 0. The van der Waals surface area contributed by atoms with Gasteiger partial charge in [0.1, 0.15) is 12.1 Å². The number of benzene rings is 2. The highest BCUT2D eigenvalue weighted by Crippen LogP contribution is 2.33. The first kappa shape index (κ1) is 30.9. The lowest BCUT2D eigenvalue weighted by atomic mass is 10.0. The molecule has 3 N–H and O–H groups in total. The largest absolute Gasteiger partial charge is 0.494 e. The molecule has 2 fully saturated rings. The number of sulfone groups is 1. The van der Waals surface area contributed by atoms with E-state index in [0.717, 1.165) is 64.3 Å². The van der Waals surface area contributed by atoms with Crippen LogP contribution in [-0.4, -0.2) is 109 Å². The Morgan fingerprint density at radius 3 is 2.28 bits per heavy atom. The van der Waals surface area contributed by atoms with Gasteiger partial charge in [-0.25, -0.2) is 18.4 Å². The molecule has 0 radical (unpaired) electrons. The van der Waals surface area contributed by atoms with Gasteiger partial charge >= 0.3 is 0 Å². The maximum atomic E-state index is 12.8. The number of methoxy groups -OCH3 is 1. The number of aromatic nitrogens is 3. The summed E-state index contributed by atoms with van der Waals surface area (Å²) in [6.45, 7) is 10.4. The first-order valence-corrected chi connectivity index (χ1v) is 16.4. The van der Waals surface area contributed by atoms with Crippen molar-refractivity contribution in [1.29, 1.82) is 0 Å². The van der Waals surface area contributed by atoms with Crippen LogP contribution in [0.4, 0.5) is 29.0 Å². The molecule has 3 heterocycles. The third kappa shape index (κ3) is 7.35. The van der Waals surface area contributed by atoms with Gasteiger partial charge in [0.2, 0.25) is 11.9 Å². The number of piperidine rings is 1. The average Bonchev–Trinajstić information content (AvgIpc) is 3.02. The molecule has 0 aliphatic carbocycles. The normalized spacial score (nSPS) is 17.3. The van der Waals surface area contributed by atoms with Gasteiger partial charge in [-0.05, 0) is 51.0 Å². The first-order valence-electron chi connectivity index (χ1n) is 14.8. The SMILES string of the molecule is COc1cc(N2CCC(N3CCN(CCO)CC3)CC2)ccc1Nc1ncnc(Nc2ccccc2S(=O)(=O)C(C)C)n1. The van der Waals surface area contributed by atoms with E-state index in [1.165, 1.54) is 6.33 Å². The van der Waals surface area contributed by atoms with Crippen molar-refractivity contribution < 1.29 is 18.3 Å². The van der Waals surface area contributed by atoms with Gasteiger partial charge in [0.15, 0.2) is 9.84 Å². The number of β-amino-alcohol motifs (C(OH)–C–C–N with tert-alkyl or cyclic N) is 1.